The number of carbonyl (C=O) groups excluding carboxylic acids is 3. The van der Waals surface area contributed by atoms with Crippen LogP contribution in [-0.4, -0.2) is 49.7 Å². The summed E-state index contributed by atoms with van der Waals surface area (Å²) < 4.78 is 16.5. The van der Waals surface area contributed by atoms with Gasteiger partial charge >= 0.3 is 12.1 Å². The van der Waals surface area contributed by atoms with Gasteiger partial charge in [-0.25, -0.2) is 4.79 Å². The Bertz CT molecular complexity index is 1300. The standard InChI is InChI=1S/C31H36N2O6.H2/c1-5-33(31(36)39-19-23-9-7-8-22-17-27(22)23)18-24-16-25(32-20(3)34)11-12-26(24)28-14-21(10-13-29(28)37-4)15-30(35)38-6-2;/h7-14,16,22,27H,5-6,15,17-19H2,1-4H3,(H,32,34);1H. The highest BCUT2D eigenvalue weighted by Gasteiger charge is 2.39. The van der Waals surface area contributed by atoms with Crippen molar-refractivity contribution in [2.45, 2.75) is 40.2 Å². The van der Waals surface area contributed by atoms with Gasteiger partial charge < -0.3 is 24.4 Å². The van der Waals surface area contributed by atoms with Crippen LogP contribution in [0.25, 0.3) is 11.1 Å². The normalized spacial score (nSPS) is 17.0. The van der Waals surface area contributed by atoms with Crippen molar-refractivity contribution in [1.82, 2.24) is 4.90 Å². The third-order valence-electron chi connectivity index (χ3n) is 6.98. The van der Waals surface area contributed by atoms with E-state index in [9.17, 15) is 14.4 Å². The van der Waals surface area contributed by atoms with E-state index >= 15 is 0 Å². The highest BCUT2D eigenvalue weighted by Crippen LogP contribution is 2.47. The molecule has 2 aromatic rings. The largest absolute Gasteiger partial charge is 0.496 e. The van der Waals surface area contributed by atoms with E-state index in [1.807, 2.05) is 49.4 Å². The minimum Gasteiger partial charge on any atom is -0.496 e. The van der Waals surface area contributed by atoms with Crippen LogP contribution in [0.5, 0.6) is 5.75 Å². The van der Waals surface area contributed by atoms with E-state index in [0.717, 1.165) is 34.2 Å². The lowest BCUT2D eigenvalue weighted by molar-refractivity contribution is -0.142. The molecule has 2 amide bonds. The number of methoxy groups -OCH3 is 1. The average molecular weight is 535 g/mol. The maximum Gasteiger partial charge on any atom is 0.410 e. The zero-order chi connectivity index (χ0) is 27.9. The zero-order valence-corrected chi connectivity index (χ0v) is 23.0. The first kappa shape index (κ1) is 28.0. The molecule has 2 aliphatic carbocycles. The Morgan fingerprint density at radius 1 is 1.08 bits per heavy atom. The van der Waals surface area contributed by atoms with Gasteiger partial charge in [-0.2, -0.15) is 0 Å². The summed E-state index contributed by atoms with van der Waals surface area (Å²) >= 11 is 0. The maximum absolute atomic E-state index is 13.1. The molecule has 208 valence electrons. The van der Waals surface area contributed by atoms with Gasteiger partial charge in [0, 0.05) is 32.7 Å². The Kier molecular flexibility index (Phi) is 9.07. The van der Waals surface area contributed by atoms with E-state index in [1.54, 1.807) is 25.0 Å². The maximum atomic E-state index is 13.1. The number of anilines is 1. The number of amides is 2. The van der Waals surface area contributed by atoms with E-state index in [-0.39, 0.29) is 32.9 Å². The second-order valence-corrected chi connectivity index (χ2v) is 9.77. The number of carbonyl (C=O) groups is 3. The third-order valence-corrected chi connectivity index (χ3v) is 6.98. The van der Waals surface area contributed by atoms with Crippen LogP contribution in [0.15, 0.2) is 60.2 Å². The number of fused-ring (bicyclic) bond motifs is 1. The topological polar surface area (TPSA) is 94.2 Å². The number of hydrogen-bond acceptors (Lipinski definition) is 6. The van der Waals surface area contributed by atoms with Gasteiger partial charge in [0.25, 0.3) is 0 Å². The first-order chi connectivity index (χ1) is 18.8. The Morgan fingerprint density at radius 3 is 2.62 bits per heavy atom. The molecule has 4 rings (SSSR count). The van der Waals surface area contributed by atoms with Gasteiger partial charge in [0.05, 0.1) is 20.1 Å². The molecule has 0 heterocycles. The summed E-state index contributed by atoms with van der Waals surface area (Å²) in [6.45, 7) is 6.42. The van der Waals surface area contributed by atoms with Gasteiger partial charge in [0.2, 0.25) is 5.91 Å². The summed E-state index contributed by atoms with van der Waals surface area (Å²) in [5.74, 6) is 1.20. The molecule has 8 heteroatoms. The number of esters is 1. The summed E-state index contributed by atoms with van der Waals surface area (Å²) in [7, 11) is 1.59. The number of rotatable bonds is 11. The summed E-state index contributed by atoms with van der Waals surface area (Å²) in [5.41, 5.74) is 4.94. The molecule has 0 radical (unpaired) electrons. The van der Waals surface area contributed by atoms with Gasteiger partial charge in [-0.3, -0.25) is 9.59 Å². The van der Waals surface area contributed by atoms with Crippen molar-refractivity contribution in [3.05, 3.63) is 71.3 Å². The van der Waals surface area contributed by atoms with Gasteiger partial charge in [-0.05, 0) is 78.6 Å². The molecule has 0 aromatic heterocycles. The number of benzene rings is 2. The lowest BCUT2D eigenvalue weighted by Gasteiger charge is -2.24. The summed E-state index contributed by atoms with van der Waals surface area (Å²) in [6, 6.07) is 11.1. The lowest BCUT2D eigenvalue weighted by atomic mass is 9.95. The third kappa shape index (κ3) is 7.07. The SMILES string of the molecule is CCOC(=O)Cc1ccc(OC)c(-c2ccc(NC(C)=O)cc2CN(CC)C(=O)OCC2=CC=CC3CC23)c1.[HH]. The van der Waals surface area contributed by atoms with E-state index in [0.29, 0.717) is 36.4 Å². The van der Waals surface area contributed by atoms with Crippen molar-refractivity contribution in [2.75, 3.05) is 32.2 Å². The number of ether oxygens (including phenoxy) is 3. The Morgan fingerprint density at radius 2 is 1.90 bits per heavy atom. The predicted molar refractivity (Wildman–Crippen MR) is 151 cm³/mol. The zero-order valence-electron chi connectivity index (χ0n) is 23.0. The molecule has 8 nitrogen and oxygen atoms in total. The molecule has 2 atom stereocenters. The smallest absolute Gasteiger partial charge is 0.410 e. The summed E-state index contributed by atoms with van der Waals surface area (Å²) in [5, 5.41) is 2.82. The van der Waals surface area contributed by atoms with Crippen LogP contribution < -0.4 is 10.1 Å². The van der Waals surface area contributed by atoms with Crippen LogP contribution >= 0.6 is 0 Å². The summed E-state index contributed by atoms with van der Waals surface area (Å²) in [4.78, 5) is 38.6. The molecule has 39 heavy (non-hydrogen) atoms. The molecule has 1 N–H and O–H groups in total. The molecule has 2 aliphatic rings. The molecule has 1 saturated carbocycles. The Balaban J connectivity index is 0.00000441. The fourth-order valence-electron chi connectivity index (χ4n) is 4.92. The number of allylic oxidation sites excluding steroid dienone is 3. The second-order valence-electron chi connectivity index (χ2n) is 9.77. The minimum absolute atomic E-state index is 0. The second kappa shape index (κ2) is 12.7. The van der Waals surface area contributed by atoms with Crippen LogP contribution in [0.2, 0.25) is 0 Å². The van der Waals surface area contributed by atoms with E-state index < -0.39 is 6.09 Å². The van der Waals surface area contributed by atoms with Gasteiger partial charge in [-0.15, -0.1) is 0 Å². The van der Waals surface area contributed by atoms with Crippen LogP contribution in [-0.2, 0) is 32.0 Å². The summed E-state index contributed by atoms with van der Waals surface area (Å²) in [6.07, 6.45) is 7.14. The van der Waals surface area contributed by atoms with Crippen LogP contribution in [0.3, 0.4) is 0 Å². The fourth-order valence-corrected chi connectivity index (χ4v) is 4.92. The van der Waals surface area contributed by atoms with E-state index in [2.05, 4.69) is 11.4 Å². The number of nitrogens with one attached hydrogen (secondary N) is 1. The molecule has 0 saturated heterocycles. The Hall–Kier alpha value is -4.07. The van der Waals surface area contributed by atoms with Gasteiger partial charge in [-0.1, -0.05) is 30.4 Å². The molecule has 0 bridgehead atoms. The van der Waals surface area contributed by atoms with Crippen LogP contribution in [0.1, 0.15) is 39.7 Å². The van der Waals surface area contributed by atoms with E-state index in [1.165, 1.54) is 6.92 Å². The first-order valence-electron chi connectivity index (χ1n) is 13.3. The predicted octanol–water partition coefficient (Wildman–Crippen LogP) is 5.76. The fraction of sp³-hybridized carbons (Fsp3) is 0.387. The highest BCUT2D eigenvalue weighted by molar-refractivity contribution is 5.89. The van der Waals surface area contributed by atoms with Crippen LogP contribution in [0.4, 0.5) is 10.5 Å². The minimum atomic E-state index is -0.399. The molecule has 0 aliphatic heterocycles. The molecular formula is C31H38N2O6. The van der Waals surface area contributed by atoms with Crippen LogP contribution in [0, 0.1) is 11.8 Å². The monoisotopic (exact) mass is 534 g/mol. The van der Waals surface area contributed by atoms with Crippen molar-refractivity contribution in [3.63, 3.8) is 0 Å². The molecule has 2 aromatic carbocycles. The highest BCUT2D eigenvalue weighted by atomic mass is 16.6. The van der Waals surface area contributed by atoms with Crippen molar-refractivity contribution < 1.29 is 30.0 Å². The van der Waals surface area contributed by atoms with Crippen molar-refractivity contribution >= 4 is 23.7 Å². The number of hydrogen-bond donors (Lipinski definition) is 1. The molecular weight excluding hydrogens is 496 g/mol. The average Bonchev–Trinajstić information content (AvgIpc) is 3.71. The lowest BCUT2D eigenvalue weighted by Crippen LogP contribution is -2.31. The molecule has 0 spiro atoms. The quantitative estimate of drug-likeness (QED) is 0.368. The van der Waals surface area contributed by atoms with Gasteiger partial charge in [0.1, 0.15) is 12.4 Å². The van der Waals surface area contributed by atoms with Crippen molar-refractivity contribution in [1.29, 1.82) is 0 Å². The molecule has 1 fully saturated rings. The number of nitrogens with zero attached hydrogens (tertiary/aromatic N) is 1. The molecule has 2 unspecified atom stereocenters. The Labute approximate surface area is 231 Å². The van der Waals surface area contributed by atoms with Gasteiger partial charge in [0.15, 0.2) is 0 Å². The van der Waals surface area contributed by atoms with Crippen molar-refractivity contribution in [3.8, 4) is 16.9 Å². The van der Waals surface area contributed by atoms with Crippen molar-refractivity contribution in [2.24, 2.45) is 11.8 Å². The first-order valence-corrected chi connectivity index (χ1v) is 13.3. The van der Waals surface area contributed by atoms with E-state index in [4.69, 9.17) is 14.2 Å².